The predicted molar refractivity (Wildman–Crippen MR) is 53.8 cm³/mol. The van der Waals surface area contributed by atoms with E-state index in [-0.39, 0.29) is 0 Å². The van der Waals surface area contributed by atoms with Crippen molar-refractivity contribution in [3.63, 3.8) is 0 Å². The first-order valence-electron chi connectivity index (χ1n) is 4.13. The molecule has 0 aliphatic carbocycles. The summed E-state index contributed by atoms with van der Waals surface area (Å²) in [6.07, 6.45) is 2.19. The van der Waals surface area contributed by atoms with E-state index in [9.17, 15) is 14.9 Å². The van der Waals surface area contributed by atoms with Gasteiger partial charge in [-0.3, -0.25) is 10.1 Å². The molecule has 0 aliphatic heterocycles. The van der Waals surface area contributed by atoms with Crippen molar-refractivity contribution in [2.45, 2.75) is 0 Å². The van der Waals surface area contributed by atoms with Gasteiger partial charge in [-0.25, -0.2) is 4.79 Å². The summed E-state index contributed by atoms with van der Waals surface area (Å²) < 4.78 is 4.51. The van der Waals surface area contributed by atoms with Gasteiger partial charge in [0.1, 0.15) is 0 Å². The van der Waals surface area contributed by atoms with Gasteiger partial charge in [0.15, 0.2) is 0 Å². The molecule has 0 spiro atoms. The van der Waals surface area contributed by atoms with Gasteiger partial charge < -0.3 is 4.74 Å². The van der Waals surface area contributed by atoms with Crippen molar-refractivity contribution in [3.8, 4) is 0 Å². The van der Waals surface area contributed by atoms with E-state index < -0.39 is 10.9 Å². The molecule has 0 saturated heterocycles. The van der Waals surface area contributed by atoms with Crippen molar-refractivity contribution in [2.75, 3.05) is 7.11 Å². The number of benzene rings is 1. The third kappa shape index (κ3) is 3.22. The lowest BCUT2D eigenvalue weighted by molar-refractivity contribution is -0.400. The van der Waals surface area contributed by atoms with Crippen LogP contribution < -0.4 is 0 Å². The van der Waals surface area contributed by atoms with E-state index in [0.717, 1.165) is 6.20 Å². The van der Waals surface area contributed by atoms with Crippen molar-refractivity contribution in [3.05, 3.63) is 51.7 Å². The van der Waals surface area contributed by atoms with Crippen molar-refractivity contribution in [2.24, 2.45) is 0 Å². The number of nitro groups is 1. The number of methoxy groups -OCH3 is 1. The van der Waals surface area contributed by atoms with Gasteiger partial charge in [-0.2, -0.15) is 0 Å². The Hall–Kier alpha value is -2.17. The molecule has 0 unspecified atom stereocenters. The second-order valence-corrected chi connectivity index (χ2v) is 2.71. The third-order valence-electron chi connectivity index (χ3n) is 1.72. The lowest BCUT2D eigenvalue weighted by atomic mass is 10.1. The van der Waals surface area contributed by atoms with Crippen LogP contribution in [0.15, 0.2) is 30.5 Å². The first-order chi connectivity index (χ1) is 7.13. The van der Waals surface area contributed by atoms with Gasteiger partial charge in [-0.15, -0.1) is 0 Å². The highest BCUT2D eigenvalue weighted by molar-refractivity contribution is 5.89. The van der Waals surface area contributed by atoms with E-state index in [4.69, 9.17) is 0 Å². The molecule has 5 heteroatoms. The van der Waals surface area contributed by atoms with Crippen LogP contribution in [-0.2, 0) is 4.74 Å². The minimum Gasteiger partial charge on any atom is -0.465 e. The molecule has 0 N–H and O–H groups in total. The van der Waals surface area contributed by atoms with Crippen LogP contribution in [0.1, 0.15) is 15.9 Å². The number of carbonyl (C=O) groups is 1. The summed E-state index contributed by atoms with van der Waals surface area (Å²) >= 11 is 0. The Bertz CT molecular complexity index is 394. The monoisotopic (exact) mass is 207 g/mol. The molecule has 1 aromatic carbocycles. The van der Waals surface area contributed by atoms with Crippen LogP contribution in [0, 0.1) is 10.1 Å². The predicted octanol–water partition coefficient (Wildman–Crippen LogP) is 1.72. The van der Waals surface area contributed by atoms with Gasteiger partial charge >= 0.3 is 5.97 Å². The van der Waals surface area contributed by atoms with Gasteiger partial charge in [0.25, 0.3) is 0 Å². The molecule has 0 aromatic heterocycles. The van der Waals surface area contributed by atoms with Crippen molar-refractivity contribution >= 4 is 12.0 Å². The highest BCUT2D eigenvalue weighted by atomic mass is 16.6. The fourth-order valence-electron chi connectivity index (χ4n) is 0.995. The lowest BCUT2D eigenvalue weighted by Gasteiger charge is -1.98. The molecule has 0 fully saturated rings. The highest BCUT2D eigenvalue weighted by Gasteiger charge is 2.03. The Morgan fingerprint density at radius 2 is 2.00 bits per heavy atom. The summed E-state index contributed by atoms with van der Waals surface area (Å²) in [6, 6.07) is 6.30. The van der Waals surface area contributed by atoms with E-state index >= 15 is 0 Å². The Balaban J connectivity index is 2.81. The molecule has 0 heterocycles. The smallest absolute Gasteiger partial charge is 0.337 e. The van der Waals surface area contributed by atoms with Crippen molar-refractivity contribution < 1.29 is 14.5 Å². The molecular formula is C10H9NO4. The van der Waals surface area contributed by atoms with Crippen molar-refractivity contribution in [1.82, 2.24) is 0 Å². The molecule has 0 aliphatic rings. The molecule has 5 nitrogen and oxygen atoms in total. The van der Waals surface area contributed by atoms with E-state index in [2.05, 4.69) is 4.74 Å². The van der Waals surface area contributed by atoms with Crippen LogP contribution >= 0.6 is 0 Å². The number of nitrogens with zero attached hydrogens (tertiary/aromatic N) is 1. The second-order valence-electron chi connectivity index (χ2n) is 2.71. The topological polar surface area (TPSA) is 69.4 Å². The summed E-state index contributed by atoms with van der Waals surface area (Å²) in [4.78, 5) is 20.5. The Morgan fingerprint density at radius 3 is 2.47 bits per heavy atom. The molecule has 1 aromatic rings. The Morgan fingerprint density at radius 1 is 1.40 bits per heavy atom. The standard InChI is InChI=1S/C10H9NO4/c1-15-10(12)9-4-2-8(3-5-9)6-7-11(13)14/h2-7H,1H3/b7-6+. The summed E-state index contributed by atoms with van der Waals surface area (Å²) in [7, 11) is 1.29. The molecule has 0 amide bonds. The second kappa shape index (κ2) is 4.90. The quantitative estimate of drug-likeness (QED) is 0.430. The fourth-order valence-corrected chi connectivity index (χ4v) is 0.995. The average Bonchev–Trinajstić information content (AvgIpc) is 2.26. The molecule has 1 rings (SSSR count). The SMILES string of the molecule is COC(=O)c1ccc(/C=C/[N+](=O)[O-])cc1. The summed E-state index contributed by atoms with van der Waals surface area (Å²) in [5.74, 6) is -0.431. The van der Waals surface area contributed by atoms with Crippen LogP contribution in [0.4, 0.5) is 0 Å². The molecule has 78 valence electrons. The Kier molecular flexibility index (Phi) is 3.56. The lowest BCUT2D eigenvalue weighted by Crippen LogP contribution is -2.00. The van der Waals surface area contributed by atoms with Crippen LogP contribution in [0.25, 0.3) is 6.08 Å². The zero-order chi connectivity index (χ0) is 11.3. The fraction of sp³-hybridized carbons (Fsp3) is 0.100. The van der Waals surface area contributed by atoms with Crippen LogP contribution in [-0.4, -0.2) is 18.0 Å². The molecule has 0 saturated carbocycles. The number of ether oxygens (including phenoxy) is 1. The number of rotatable bonds is 3. The van der Waals surface area contributed by atoms with E-state index in [1.807, 2.05) is 0 Å². The molecular weight excluding hydrogens is 198 g/mol. The van der Waals surface area contributed by atoms with Crippen LogP contribution in [0.5, 0.6) is 0 Å². The van der Waals surface area contributed by atoms with Gasteiger partial charge in [0.05, 0.1) is 17.6 Å². The van der Waals surface area contributed by atoms with E-state index in [1.165, 1.54) is 13.2 Å². The maximum Gasteiger partial charge on any atom is 0.337 e. The first-order valence-corrected chi connectivity index (χ1v) is 4.13. The maximum atomic E-state index is 11.0. The maximum absolute atomic E-state index is 11.0. The van der Waals surface area contributed by atoms with Gasteiger partial charge in [-0.05, 0) is 17.7 Å². The summed E-state index contributed by atoms with van der Waals surface area (Å²) in [5.41, 5.74) is 1.06. The molecule has 15 heavy (non-hydrogen) atoms. The molecule has 0 radical (unpaired) electrons. The summed E-state index contributed by atoms with van der Waals surface area (Å²) in [5, 5.41) is 10.0. The number of hydrogen-bond acceptors (Lipinski definition) is 4. The van der Waals surface area contributed by atoms with Gasteiger partial charge in [-0.1, -0.05) is 12.1 Å². The zero-order valence-electron chi connectivity index (χ0n) is 8.04. The van der Waals surface area contributed by atoms with E-state index in [0.29, 0.717) is 11.1 Å². The average molecular weight is 207 g/mol. The number of esters is 1. The summed E-state index contributed by atoms with van der Waals surface area (Å²) in [6.45, 7) is 0. The largest absolute Gasteiger partial charge is 0.465 e. The highest BCUT2D eigenvalue weighted by Crippen LogP contribution is 2.07. The first kappa shape index (κ1) is 10.9. The zero-order valence-corrected chi connectivity index (χ0v) is 8.04. The minimum absolute atomic E-state index is 0.413. The third-order valence-corrected chi connectivity index (χ3v) is 1.72. The number of carbonyl (C=O) groups excluding carboxylic acids is 1. The van der Waals surface area contributed by atoms with Gasteiger partial charge in [0.2, 0.25) is 6.20 Å². The van der Waals surface area contributed by atoms with E-state index in [1.54, 1.807) is 24.3 Å². The van der Waals surface area contributed by atoms with Crippen LogP contribution in [0.3, 0.4) is 0 Å². The molecule has 0 atom stereocenters. The van der Waals surface area contributed by atoms with Crippen molar-refractivity contribution in [1.29, 1.82) is 0 Å². The van der Waals surface area contributed by atoms with Gasteiger partial charge in [0, 0.05) is 6.08 Å². The Labute approximate surface area is 86.1 Å². The van der Waals surface area contributed by atoms with Crippen LogP contribution in [0.2, 0.25) is 0 Å². The molecule has 0 bridgehead atoms. The number of hydrogen-bond donors (Lipinski definition) is 0. The minimum atomic E-state index is -0.547. The normalized spacial score (nSPS) is 10.2.